The first-order valence-corrected chi connectivity index (χ1v) is 12.8. The summed E-state index contributed by atoms with van der Waals surface area (Å²) in [4.78, 5) is 13.0. The van der Waals surface area contributed by atoms with Gasteiger partial charge in [-0.15, -0.1) is 0 Å². The molecule has 0 radical (unpaired) electrons. The molecule has 1 N–H and O–H groups in total. The van der Waals surface area contributed by atoms with Crippen molar-refractivity contribution in [2.24, 2.45) is 0 Å². The summed E-state index contributed by atoms with van der Waals surface area (Å²) in [6.45, 7) is 0. The standard InChI is InChI=1S/C26H20ClN3O6S/c1-34-23-15-18(27)5-7-20(23)16-3-8-22(24(14-16)35-2)30-21-9-6-19(13-17(21)4-10-26(30)31)37(32,33)29-25-11-12-36-28-25/h3-15H,1-2H3,(H,28,29). The van der Waals surface area contributed by atoms with E-state index in [4.69, 9.17) is 21.1 Å². The van der Waals surface area contributed by atoms with Crippen LogP contribution in [0.3, 0.4) is 0 Å². The summed E-state index contributed by atoms with van der Waals surface area (Å²) in [5.74, 6) is 1.10. The summed E-state index contributed by atoms with van der Waals surface area (Å²) in [6.07, 6.45) is 1.26. The molecule has 0 spiro atoms. The first-order chi connectivity index (χ1) is 17.8. The number of sulfonamides is 1. The minimum atomic E-state index is -3.93. The summed E-state index contributed by atoms with van der Waals surface area (Å²) in [5, 5.41) is 4.66. The molecule has 0 unspecified atom stereocenters. The first kappa shape index (κ1) is 24.4. The maximum Gasteiger partial charge on any atom is 0.263 e. The van der Waals surface area contributed by atoms with Gasteiger partial charge in [0.15, 0.2) is 5.82 Å². The fourth-order valence-corrected chi connectivity index (χ4v) is 5.22. The highest BCUT2D eigenvalue weighted by Crippen LogP contribution is 2.36. The van der Waals surface area contributed by atoms with Gasteiger partial charge >= 0.3 is 0 Å². The molecule has 5 rings (SSSR count). The molecule has 9 nitrogen and oxygen atoms in total. The summed E-state index contributed by atoms with van der Waals surface area (Å²) < 4.78 is 45.2. The van der Waals surface area contributed by atoms with Crippen LogP contribution in [-0.4, -0.2) is 32.4 Å². The van der Waals surface area contributed by atoms with E-state index >= 15 is 0 Å². The highest BCUT2D eigenvalue weighted by Gasteiger charge is 2.19. The Morgan fingerprint density at radius 3 is 2.46 bits per heavy atom. The number of ether oxygens (including phenoxy) is 2. The van der Waals surface area contributed by atoms with Crippen LogP contribution in [0, 0.1) is 0 Å². The maximum absolute atomic E-state index is 13.0. The largest absolute Gasteiger partial charge is 0.496 e. The minimum Gasteiger partial charge on any atom is -0.496 e. The molecule has 0 aliphatic rings. The van der Waals surface area contributed by atoms with Crippen molar-refractivity contribution in [3.05, 3.63) is 94.4 Å². The predicted octanol–water partition coefficient (Wildman–Crippen LogP) is 5.12. The number of pyridine rings is 1. The highest BCUT2D eigenvalue weighted by atomic mass is 35.5. The molecule has 3 aromatic carbocycles. The Hall–Kier alpha value is -4.28. The van der Waals surface area contributed by atoms with E-state index in [2.05, 4.69) is 14.4 Å². The van der Waals surface area contributed by atoms with Crippen molar-refractivity contribution in [1.29, 1.82) is 0 Å². The topological polar surface area (TPSA) is 113 Å². The van der Waals surface area contributed by atoms with Crippen molar-refractivity contribution in [3.8, 4) is 28.3 Å². The number of nitrogens with zero attached hydrogens (tertiary/aromatic N) is 2. The van der Waals surface area contributed by atoms with Gasteiger partial charge in [0, 0.05) is 28.1 Å². The van der Waals surface area contributed by atoms with Crippen molar-refractivity contribution in [2.75, 3.05) is 18.9 Å². The van der Waals surface area contributed by atoms with Gasteiger partial charge in [0.25, 0.3) is 15.6 Å². The van der Waals surface area contributed by atoms with Gasteiger partial charge in [-0.2, -0.15) is 0 Å². The fourth-order valence-electron chi connectivity index (χ4n) is 4.03. The van der Waals surface area contributed by atoms with Crippen LogP contribution in [0.25, 0.3) is 27.7 Å². The molecule has 0 atom stereocenters. The molecule has 0 aliphatic heterocycles. The van der Waals surface area contributed by atoms with Crippen LogP contribution < -0.4 is 19.8 Å². The average Bonchev–Trinajstić information content (AvgIpc) is 3.40. The number of benzene rings is 3. The molecule has 0 saturated heterocycles. The van der Waals surface area contributed by atoms with E-state index in [9.17, 15) is 13.2 Å². The van der Waals surface area contributed by atoms with Crippen LogP contribution in [0.5, 0.6) is 11.5 Å². The lowest BCUT2D eigenvalue weighted by Gasteiger charge is -2.16. The number of hydrogen-bond acceptors (Lipinski definition) is 7. The van der Waals surface area contributed by atoms with E-state index in [1.807, 2.05) is 12.1 Å². The molecule has 0 amide bonds. The third-order valence-electron chi connectivity index (χ3n) is 5.75. The zero-order chi connectivity index (χ0) is 26.2. The molecular weight excluding hydrogens is 518 g/mol. The van der Waals surface area contributed by atoms with E-state index < -0.39 is 10.0 Å². The average molecular weight is 538 g/mol. The lowest BCUT2D eigenvalue weighted by Crippen LogP contribution is -2.18. The van der Waals surface area contributed by atoms with E-state index in [1.165, 1.54) is 42.2 Å². The summed E-state index contributed by atoms with van der Waals surface area (Å²) >= 11 is 6.10. The Kier molecular flexibility index (Phi) is 6.36. The second-order valence-electron chi connectivity index (χ2n) is 7.95. The summed E-state index contributed by atoms with van der Waals surface area (Å²) in [7, 11) is -0.853. The Morgan fingerprint density at radius 1 is 0.919 bits per heavy atom. The molecule has 0 bridgehead atoms. The molecular formula is C26H20ClN3O6S. The number of aromatic nitrogens is 2. The Bertz CT molecular complexity index is 1780. The van der Waals surface area contributed by atoms with Gasteiger partial charge in [0.2, 0.25) is 0 Å². The normalized spacial score (nSPS) is 11.4. The molecule has 2 heterocycles. The second-order valence-corrected chi connectivity index (χ2v) is 10.1. The third kappa shape index (κ3) is 4.64. The number of hydrogen-bond donors (Lipinski definition) is 1. The van der Waals surface area contributed by atoms with Crippen LogP contribution in [-0.2, 0) is 10.0 Å². The molecule has 188 valence electrons. The maximum atomic E-state index is 13.0. The van der Waals surface area contributed by atoms with Gasteiger partial charge < -0.3 is 14.0 Å². The number of anilines is 1. The third-order valence-corrected chi connectivity index (χ3v) is 7.34. The zero-order valence-corrected chi connectivity index (χ0v) is 21.2. The number of rotatable bonds is 7. The summed E-state index contributed by atoms with van der Waals surface area (Å²) in [5.41, 5.74) is 2.29. The van der Waals surface area contributed by atoms with E-state index in [1.54, 1.807) is 43.5 Å². The Labute approximate surface area is 216 Å². The lowest BCUT2D eigenvalue weighted by molar-refractivity contribution is 0.412. The fraction of sp³-hybridized carbons (Fsp3) is 0.0769. The number of fused-ring (bicyclic) bond motifs is 1. The van der Waals surface area contributed by atoms with Crippen LogP contribution in [0.2, 0.25) is 5.02 Å². The summed E-state index contributed by atoms with van der Waals surface area (Å²) in [6, 6.07) is 19.5. The van der Waals surface area contributed by atoms with E-state index in [0.717, 1.165) is 11.1 Å². The van der Waals surface area contributed by atoms with E-state index in [0.29, 0.717) is 33.1 Å². The smallest absolute Gasteiger partial charge is 0.263 e. The van der Waals surface area contributed by atoms with Crippen LogP contribution in [0.4, 0.5) is 5.82 Å². The molecule has 11 heteroatoms. The number of methoxy groups -OCH3 is 2. The first-order valence-electron chi connectivity index (χ1n) is 10.9. The molecule has 0 fully saturated rings. The molecule has 37 heavy (non-hydrogen) atoms. The van der Waals surface area contributed by atoms with Gasteiger partial charge in [-0.1, -0.05) is 22.8 Å². The van der Waals surface area contributed by atoms with E-state index in [-0.39, 0.29) is 16.3 Å². The van der Waals surface area contributed by atoms with Gasteiger partial charge in [0.05, 0.1) is 30.3 Å². The van der Waals surface area contributed by atoms with Gasteiger partial charge in [-0.05, 0) is 60.2 Å². The molecule has 0 aliphatic carbocycles. The van der Waals surface area contributed by atoms with Crippen molar-refractivity contribution >= 4 is 38.3 Å². The van der Waals surface area contributed by atoms with Crippen molar-refractivity contribution in [2.45, 2.75) is 4.90 Å². The van der Waals surface area contributed by atoms with Crippen LogP contribution >= 0.6 is 11.6 Å². The van der Waals surface area contributed by atoms with Crippen molar-refractivity contribution in [3.63, 3.8) is 0 Å². The SMILES string of the molecule is COc1cc(Cl)ccc1-c1ccc(-n2c(=O)ccc3cc(S(=O)(=O)Nc4ccon4)ccc32)c(OC)c1. The lowest BCUT2D eigenvalue weighted by atomic mass is 10.0. The number of nitrogens with one attached hydrogen (secondary N) is 1. The van der Waals surface area contributed by atoms with Crippen LogP contribution in [0.15, 0.2) is 93.3 Å². The number of halogens is 1. The molecule has 5 aromatic rings. The zero-order valence-electron chi connectivity index (χ0n) is 19.6. The Morgan fingerprint density at radius 2 is 1.73 bits per heavy atom. The second kappa shape index (κ2) is 9.64. The predicted molar refractivity (Wildman–Crippen MR) is 140 cm³/mol. The van der Waals surface area contributed by atoms with Gasteiger partial charge in [-0.3, -0.25) is 14.1 Å². The quantitative estimate of drug-likeness (QED) is 0.306. The molecule has 2 aromatic heterocycles. The Balaban J connectivity index is 1.61. The van der Waals surface area contributed by atoms with Gasteiger partial charge in [0.1, 0.15) is 17.8 Å². The minimum absolute atomic E-state index is 0.00495. The monoisotopic (exact) mass is 537 g/mol. The highest BCUT2D eigenvalue weighted by molar-refractivity contribution is 7.92. The molecule has 0 saturated carbocycles. The van der Waals surface area contributed by atoms with Crippen molar-refractivity contribution in [1.82, 2.24) is 9.72 Å². The van der Waals surface area contributed by atoms with Gasteiger partial charge in [-0.25, -0.2) is 8.42 Å². The van der Waals surface area contributed by atoms with Crippen LogP contribution in [0.1, 0.15) is 0 Å². The van der Waals surface area contributed by atoms with Crippen molar-refractivity contribution < 1.29 is 22.4 Å².